The largest absolute Gasteiger partial charge is 0.337 e. The van der Waals surface area contributed by atoms with Gasteiger partial charge in [0.1, 0.15) is 0 Å². The minimum Gasteiger partial charge on any atom is -0.337 e. The lowest BCUT2D eigenvalue weighted by atomic mass is 9.94. The summed E-state index contributed by atoms with van der Waals surface area (Å²) in [6.45, 7) is 0.509. The van der Waals surface area contributed by atoms with Gasteiger partial charge in [0.25, 0.3) is 10.0 Å². The van der Waals surface area contributed by atoms with E-state index in [9.17, 15) is 13.2 Å². The van der Waals surface area contributed by atoms with E-state index in [0.717, 1.165) is 23.8 Å². The number of sulfonamides is 1. The number of rotatable bonds is 5. The van der Waals surface area contributed by atoms with Gasteiger partial charge in [0, 0.05) is 6.54 Å². The van der Waals surface area contributed by atoms with Crippen LogP contribution in [-0.4, -0.2) is 21.0 Å². The van der Waals surface area contributed by atoms with Crippen molar-refractivity contribution < 1.29 is 13.2 Å². The Morgan fingerprint density at radius 3 is 2.61 bits per heavy atom. The Morgan fingerprint density at radius 1 is 1.17 bits per heavy atom. The molecule has 0 radical (unpaired) electrons. The molecular formula is C17H20N2O3S. The normalized spacial score (nSPS) is 25.8. The molecule has 0 saturated heterocycles. The Bertz CT molecular complexity index is 725. The van der Waals surface area contributed by atoms with E-state index >= 15 is 0 Å². The molecule has 2 amide bonds. The molecule has 2 bridgehead atoms. The summed E-state index contributed by atoms with van der Waals surface area (Å²) in [7, 11) is -3.79. The molecule has 0 heterocycles. The molecule has 1 fully saturated rings. The fourth-order valence-corrected chi connectivity index (χ4v) is 4.02. The number of hydrogen-bond acceptors (Lipinski definition) is 3. The van der Waals surface area contributed by atoms with Gasteiger partial charge in [-0.25, -0.2) is 17.9 Å². The van der Waals surface area contributed by atoms with Crippen LogP contribution in [0.25, 0.3) is 6.08 Å². The van der Waals surface area contributed by atoms with Crippen molar-refractivity contribution in [3.05, 3.63) is 53.5 Å². The number of benzene rings is 1. The number of fused-ring (bicyclic) bond motifs is 2. The van der Waals surface area contributed by atoms with Crippen molar-refractivity contribution in [1.29, 1.82) is 0 Å². The molecule has 2 aliphatic carbocycles. The van der Waals surface area contributed by atoms with Gasteiger partial charge < -0.3 is 5.32 Å². The third kappa shape index (κ3) is 4.22. The summed E-state index contributed by atoms with van der Waals surface area (Å²) in [4.78, 5) is 11.8. The molecule has 6 heteroatoms. The van der Waals surface area contributed by atoms with Crippen LogP contribution in [-0.2, 0) is 10.0 Å². The molecule has 2 N–H and O–H groups in total. The standard InChI is InChI=1S/C17H20N2O3S/c20-17(18-12-16-11-14-6-7-15(16)10-14)19-23(21,22)9-8-13-4-2-1-3-5-13/h1-9,14-16H,10-12H2,(H2,18,19,20). The predicted molar refractivity (Wildman–Crippen MR) is 89.8 cm³/mol. The topological polar surface area (TPSA) is 75.3 Å². The van der Waals surface area contributed by atoms with E-state index in [1.54, 1.807) is 12.1 Å². The van der Waals surface area contributed by atoms with Crippen LogP contribution in [0.4, 0.5) is 4.79 Å². The molecule has 3 unspecified atom stereocenters. The maximum Gasteiger partial charge on any atom is 0.328 e. The van der Waals surface area contributed by atoms with E-state index in [4.69, 9.17) is 0 Å². The molecule has 1 saturated carbocycles. The van der Waals surface area contributed by atoms with Crippen molar-refractivity contribution in [3.63, 3.8) is 0 Å². The third-order valence-corrected chi connectivity index (χ3v) is 5.38. The molecule has 0 aliphatic heterocycles. The van der Waals surface area contributed by atoms with Gasteiger partial charge in [-0.15, -0.1) is 0 Å². The molecule has 1 aromatic rings. The molecule has 0 spiro atoms. The van der Waals surface area contributed by atoms with Crippen LogP contribution < -0.4 is 10.0 Å². The molecule has 3 atom stereocenters. The average Bonchev–Trinajstić information content (AvgIpc) is 3.14. The summed E-state index contributed by atoms with van der Waals surface area (Å²) in [5.41, 5.74) is 0.757. The summed E-state index contributed by atoms with van der Waals surface area (Å²) in [5, 5.41) is 3.67. The van der Waals surface area contributed by atoms with E-state index in [1.807, 2.05) is 22.9 Å². The Kier molecular flexibility index (Phi) is 4.52. The Morgan fingerprint density at radius 2 is 1.96 bits per heavy atom. The van der Waals surface area contributed by atoms with Crippen LogP contribution in [0.15, 0.2) is 47.9 Å². The lowest BCUT2D eigenvalue weighted by Crippen LogP contribution is -2.41. The molecule has 0 aromatic heterocycles. The average molecular weight is 332 g/mol. The van der Waals surface area contributed by atoms with Gasteiger partial charge in [-0.05, 0) is 42.2 Å². The van der Waals surface area contributed by atoms with E-state index in [1.165, 1.54) is 6.08 Å². The second-order valence-corrected chi connectivity index (χ2v) is 7.68. The van der Waals surface area contributed by atoms with E-state index in [2.05, 4.69) is 17.5 Å². The Balaban J connectivity index is 1.48. The minimum atomic E-state index is -3.79. The van der Waals surface area contributed by atoms with Crippen LogP contribution in [0.5, 0.6) is 0 Å². The summed E-state index contributed by atoms with van der Waals surface area (Å²) in [5.74, 6) is 1.57. The van der Waals surface area contributed by atoms with Gasteiger partial charge in [-0.3, -0.25) is 0 Å². The zero-order chi connectivity index (χ0) is 16.3. The lowest BCUT2D eigenvalue weighted by molar-refractivity contribution is 0.243. The van der Waals surface area contributed by atoms with Crippen molar-refractivity contribution in [1.82, 2.24) is 10.0 Å². The van der Waals surface area contributed by atoms with Crippen molar-refractivity contribution in [3.8, 4) is 0 Å². The van der Waals surface area contributed by atoms with Crippen molar-refractivity contribution in [2.45, 2.75) is 12.8 Å². The quantitative estimate of drug-likeness (QED) is 0.814. The first-order chi connectivity index (χ1) is 11.0. The molecule has 3 rings (SSSR count). The molecule has 1 aromatic carbocycles. The highest BCUT2D eigenvalue weighted by atomic mass is 32.2. The first-order valence-corrected chi connectivity index (χ1v) is 9.28. The van der Waals surface area contributed by atoms with Crippen LogP contribution in [0, 0.1) is 17.8 Å². The number of carbonyl (C=O) groups is 1. The Labute approximate surface area is 136 Å². The molecule has 5 nitrogen and oxygen atoms in total. The second kappa shape index (κ2) is 6.58. The second-order valence-electron chi connectivity index (χ2n) is 6.11. The monoisotopic (exact) mass is 332 g/mol. The summed E-state index contributed by atoms with van der Waals surface area (Å²) in [6, 6.07) is 8.38. The van der Waals surface area contributed by atoms with Crippen LogP contribution in [0.3, 0.4) is 0 Å². The van der Waals surface area contributed by atoms with E-state index in [0.29, 0.717) is 24.3 Å². The summed E-state index contributed by atoms with van der Waals surface area (Å²) < 4.78 is 25.7. The van der Waals surface area contributed by atoms with Gasteiger partial charge in [0.15, 0.2) is 0 Å². The van der Waals surface area contributed by atoms with E-state index in [-0.39, 0.29) is 0 Å². The third-order valence-electron chi connectivity index (χ3n) is 4.42. The van der Waals surface area contributed by atoms with Gasteiger partial charge in [0.05, 0.1) is 5.41 Å². The minimum absolute atomic E-state index is 0.415. The summed E-state index contributed by atoms with van der Waals surface area (Å²) >= 11 is 0. The highest BCUT2D eigenvalue weighted by molar-refractivity contribution is 7.93. The number of hydrogen-bond donors (Lipinski definition) is 2. The van der Waals surface area contributed by atoms with Gasteiger partial charge in [-0.1, -0.05) is 42.5 Å². The van der Waals surface area contributed by atoms with Crippen LogP contribution in [0.2, 0.25) is 0 Å². The zero-order valence-corrected chi connectivity index (χ0v) is 13.5. The number of carbonyl (C=O) groups excluding carboxylic acids is 1. The van der Waals surface area contributed by atoms with Gasteiger partial charge >= 0.3 is 6.03 Å². The van der Waals surface area contributed by atoms with Crippen molar-refractivity contribution in [2.75, 3.05) is 6.54 Å². The van der Waals surface area contributed by atoms with Crippen molar-refractivity contribution >= 4 is 22.1 Å². The lowest BCUT2D eigenvalue weighted by Gasteiger charge is -2.18. The SMILES string of the molecule is O=C(NCC1CC2C=CC1C2)NS(=O)(=O)C=Cc1ccccc1. The maximum absolute atomic E-state index is 11.9. The first-order valence-electron chi connectivity index (χ1n) is 7.74. The number of allylic oxidation sites excluding steroid dienone is 2. The molecular weight excluding hydrogens is 312 g/mol. The van der Waals surface area contributed by atoms with Gasteiger partial charge in [0.2, 0.25) is 0 Å². The maximum atomic E-state index is 11.9. The zero-order valence-electron chi connectivity index (χ0n) is 12.7. The highest BCUT2D eigenvalue weighted by Gasteiger charge is 2.35. The fourth-order valence-electron chi connectivity index (χ4n) is 3.28. The molecule has 2 aliphatic rings. The fraction of sp³-hybridized carbons (Fsp3) is 0.353. The molecule has 23 heavy (non-hydrogen) atoms. The number of amides is 2. The summed E-state index contributed by atoms with van der Waals surface area (Å²) in [6.07, 6.45) is 8.13. The van der Waals surface area contributed by atoms with E-state index < -0.39 is 16.1 Å². The highest BCUT2D eigenvalue weighted by Crippen LogP contribution is 2.42. The smallest absolute Gasteiger partial charge is 0.328 e. The first kappa shape index (κ1) is 15.8. The van der Waals surface area contributed by atoms with Crippen LogP contribution >= 0.6 is 0 Å². The van der Waals surface area contributed by atoms with Gasteiger partial charge in [-0.2, -0.15) is 0 Å². The predicted octanol–water partition coefficient (Wildman–Crippen LogP) is 2.50. The Hall–Kier alpha value is -2.08. The number of urea groups is 1. The van der Waals surface area contributed by atoms with Crippen molar-refractivity contribution in [2.24, 2.45) is 17.8 Å². The number of nitrogens with one attached hydrogen (secondary N) is 2. The molecule has 122 valence electrons. The van der Waals surface area contributed by atoms with Crippen LogP contribution in [0.1, 0.15) is 18.4 Å².